The molecule has 1 aliphatic heterocycles. The number of aliphatic hydroxyl groups is 1. The Balaban J connectivity index is 1.17. The van der Waals surface area contributed by atoms with Crippen LogP contribution in [0.1, 0.15) is 48.8 Å². The van der Waals surface area contributed by atoms with E-state index in [1.807, 2.05) is 41.0 Å². The number of pyridine rings is 1. The Morgan fingerprint density at radius 2 is 1.75 bits per heavy atom. The first-order chi connectivity index (χ1) is 15.7. The van der Waals surface area contributed by atoms with Crippen molar-refractivity contribution in [2.75, 3.05) is 18.0 Å². The summed E-state index contributed by atoms with van der Waals surface area (Å²) in [5.74, 6) is 0.887. The zero-order valence-corrected chi connectivity index (χ0v) is 18.4. The predicted molar refractivity (Wildman–Crippen MR) is 126 cm³/mol. The van der Waals surface area contributed by atoms with Crippen LogP contribution in [-0.2, 0) is 7.05 Å². The molecule has 0 bridgehead atoms. The van der Waals surface area contributed by atoms with Gasteiger partial charge in [-0.15, -0.1) is 0 Å². The maximum atomic E-state index is 11.5. The lowest BCUT2D eigenvalue weighted by atomic mass is 9.84. The van der Waals surface area contributed by atoms with Crippen LogP contribution in [0.15, 0.2) is 61.4 Å². The topological polar surface area (TPSA) is 58.6 Å². The molecule has 1 aromatic carbocycles. The highest BCUT2D eigenvalue weighted by Gasteiger charge is 2.34. The van der Waals surface area contributed by atoms with Gasteiger partial charge in [0.15, 0.2) is 0 Å². The van der Waals surface area contributed by atoms with Gasteiger partial charge in [-0.05, 0) is 66.8 Å². The second-order valence-electron chi connectivity index (χ2n) is 9.36. The van der Waals surface area contributed by atoms with E-state index in [1.54, 1.807) is 0 Å². The van der Waals surface area contributed by atoms with Crippen LogP contribution in [0, 0.1) is 5.92 Å². The molecule has 1 N–H and O–H groups in total. The summed E-state index contributed by atoms with van der Waals surface area (Å²) in [5, 5.41) is 15.7. The zero-order chi connectivity index (χ0) is 21.7. The fourth-order valence-electron chi connectivity index (χ4n) is 5.25. The Labute approximate surface area is 188 Å². The summed E-state index contributed by atoms with van der Waals surface area (Å²) in [6, 6.07) is 11.0. The fraction of sp³-hybridized carbons (Fsp3) is 0.385. The normalized spacial score (nSPS) is 18.4. The van der Waals surface area contributed by atoms with Gasteiger partial charge in [-0.1, -0.05) is 12.1 Å². The van der Waals surface area contributed by atoms with Crippen molar-refractivity contribution in [1.82, 2.24) is 19.2 Å². The molecule has 32 heavy (non-hydrogen) atoms. The number of aromatic nitrogens is 4. The van der Waals surface area contributed by atoms with E-state index in [4.69, 9.17) is 0 Å². The Morgan fingerprint density at radius 3 is 2.44 bits per heavy atom. The summed E-state index contributed by atoms with van der Waals surface area (Å²) >= 11 is 0. The van der Waals surface area contributed by atoms with Crippen LogP contribution in [0.2, 0.25) is 0 Å². The van der Waals surface area contributed by atoms with Crippen LogP contribution in [0.25, 0.3) is 16.6 Å². The summed E-state index contributed by atoms with van der Waals surface area (Å²) in [4.78, 5) is 6.77. The van der Waals surface area contributed by atoms with Crippen molar-refractivity contribution in [1.29, 1.82) is 0 Å². The number of fused-ring (bicyclic) bond motifs is 1. The first kappa shape index (κ1) is 19.6. The second-order valence-corrected chi connectivity index (χ2v) is 9.36. The minimum absolute atomic E-state index is 0.277. The third-order valence-corrected chi connectivity index (χ3v) is 7.24. The summed E-state index contributed by atoms with van der Waals surface area (Å²) in [5.41, 5.74) is 7.10. The highest BCUT2D eigenvalue weighted by molar-refractivity contribution is 5.65. The second kappa shape index (κ2) is 7.78. The minimum Gasteiger partial charge on any atom is -0.388 e. The molecule has 1 saturated carbocycles. The molecule has 1 saturated heterocycles. The molecule has 0 spiro atoms. The van der Waals surface area contributed by atoms with Gasteiger partial charge in [0.2, 0.25) is 0 Å². The maximum Gasteiger partial charge on any atom is 0.0992 e. The minimum atomic E-state index is -0.430. The predicted octanol–water partition coefficient (Wildman–Crippen LogP) is 4.56. The van der Waals surface area contributed by atoms with E-state index >= 15 is 0 Å². The van der Waals surface area contributed by atoms with Crippen LogP contribution in [0.5, 0.6) is 0 Å². The van der Waals surface area contributed by atoms with Gasteiger partial charge in [0.05, 0.1) is 30.3 Å². The van der Waals surface area contributed by atoms with E-state index in [0.29, 0.717) is 5.92 Å². The summed E-state index contributed by atoms with van der Waals surface area (Å²) in [6.45, 7) is 1.93. The van der Waals surface area contributed by atoms with Crippen molar-refractivity contribution < 1.29 is 5.11 Å². The van der Waals surface area contributed by atoms with Crippen molar-refractivity contribution in [3.63, 3.8) is 0 Å². The van der Waals surface area contributed by atoms with Gasteiger partial charge >= 0.3 is 0 Å². The average molecular weight is 428 g/mol. The third kappa shape index (κ3) is 3.48. The van der Waals surface area contributed by atoms with E-state index in [-0.39, 0.29) is 5.92 Å². The van der Waals surface area contributed by atoms with Crippen molar-refractivity contribution in [2.24, 2.45) is 13.0 Å². The van der Waals surface area contributed by atoms with Crippen LogP contribution in [0.4, 0.5) is 5.69 Å². The smallest absolute Gasteiger partial charge is 0.0992 e. The zero-order valence-electron chi connectivity index (χ0n) is 18.4. The molecule has 4 aromatic rings. The maximum absolute atomic E-state index is 11.5. The molecule has 2 fully saturated rings. The van der Waals surface area contributed by atoms with Crippen molar-refractivity contribution >= 4 is 11.2 Å². The Bertz CT molecular complexity index is 1230. The largest absolute Gasteiger partial charge is 0.388 e. The number of piperidine rings is 1. The number of anilines is 1. The number of aryl methyl sites for hydroxylation is 1. The van der Waals surface area contributed by atoms with Gasteiger partial charge in [0.25, 0.3) is 0 Å². The molecule has 6 nitrogen and oxygen atoms in total. The number of nitrogens with zero attached hydrogens (tertiary/aromatic N) is 5. The Hall–Kier alpha value is -3.12. The highest BCUT2D eigenvalue weighted by Crippen LogP contribution is 2.46. The first-order valence-corrected chi connectivity index (χ1v) is 11.6. The summed E-state index contributed by atoms with van der Waals surface area (Å²) < 4.78 is 3.88. The van der Waals surface area contributed by atoms with Crippen LogP contribution in [-0.4, -0.2) is 37.4 Å². The SMILES string of the molecule is Cn1cc(-c2ccc(N3CCC(C(O)c4c(C5CC5)ccn5cncc45)CC3)cc2)cn1. The number of aliphatic hydroxyl groups excluding tert-OH is 1. The lowest BCUT2D eigenvalue weighted by Crippen LogP contribution is -2.35. The first-order valence-electron chi connectivity index (χ1n) is 11.6. The molecule has 1 unspecified atom stereocenters. The molecular formula is C26H29N5O. The summed E-state index contributed by atoms with van der Waals surface area (Å²) in [6.07, 6.45) is 13.8. The average Bonchev–Trinajstić information content (AvgIpc) is 3.40. The number of benzene rings is 1. The van der Waals surface area contributed by atoms with Crippen molar-refractivity contribution in [3.05, 3.63) is 72.6 Å². The van der Waals surface area contributed by atoms with Gasteiger partial charge in [-0.25, -0.2) is 4.98 Å². The highest BCUT2D eigenvalue weighted by atomic mass is 16.3. The molecule has 0 amide bonds. The van der Waals surface area contributed by atoms with Crippen molar-refractivity contribution in [2.45, 2.75) is 37.7 Å². The molecule has 1 atom stereocenters. The van der Waals surface area contributed by atoms with E-state index in [0.717, 1.165) is 42.6 Å². The lowest BCUT2D eigenvalue weighted by molar-refractivity contribution is 0.0931. The van der Waals surface area contributed by atoms with E-state index < -0.39 is 6.10 Å². The van der Waals surface area contributed by atoms with Crippen LogP contribution >= 0.6 is 0 Å². The van der Waals surface area contributed by atoms with E-state index in [9.17, 15) is 5.11 Å². The Kier molecular flexibility index (Phi) is 4.76. The molecule has 3 aromatic heterocycles. The van der Waals surface area contributed by atoms with Crippen LogP contribution < -0.4 is 4.90 Å². The molecule has 6 heteroatoms. The Morgan fingerprint density at radius 1 is 0.969 bits per heavy atom. The quantitative estimate of drug-likeness (QED) is 0.507. The standard InChI is InChI=1S/C26H29N5O/c1-29-16-21(14-28-29)18-4-6-22(7-5-18)30-11-8-20(9-12-30)26(32)25-23(19-2-3-19)10-13-31-17-27-15-24(25)31/h4-7,10,13-17,19-20,26,32H,2-3,8-9,11-12H2,1H3. The van der Waals surface area contributed by atoms with Crippen molar-refractivity contribution in [3.8, 4) is 11.1 Å². The van der Waals surface area contributed by atoms with E-state index in [1.165, 1.54) is 29.7 Å². The lowest BCUT2D eigenvalue weighted by Gasteiger charge is -2.36. The van der Waals surface area contributed by atoms with Gasteiger partial charge in [0, 0.05) is 49.3 Å². The number of imidazole rings is 1. The molecule has 6 rings (SSSR count). The van der Waals surface area contributed by atoms with Gasteiger partial charge in [0.1, 0.15) is 0 Å². The number of hydrogen-bond donors (Lipinski definition) is 1. The molecule has 4 heterocycles. The van der Waals surface area contributed by atoms with Gasteiger partial charge in [-0.2, -0.15) is 5.10 Å². The fourth-order valence-corrected chi connectivity index (χ4v) is 5.25. The van der Waals surface area contributed by atoms with Gasteiger partial charge in [-0.3, -0.25) is 4.68 Å². The summed E-state index contributed by atoms with van der Waals surface area (Å²) in [7, 11) is 1.94. The molecular weight excluding hydrogens is 398 g/mol. The molecule has 164 valence electrons. The number of rotatable bonds is 5. The van der Waals surface area contributed by atoms with E-state index in [2.05, 4.69) is 51.5 Å². The molecule has 1 aliphatic carbocycles. The third-order valence-electron chi connectivity index (χ3n) is 7.24. The molecule has 0 radical (unpaired) electrons. The monoisotopic (exact) mass is 427 g/mol. The van der Waals surface area contributed by atoms with Gasteiger partial charge < -0.3 is 14.4 Å². The number of hydrogen-bond acceptors (Lipinski definition) is 4. The molecule has 2 aliphatic rings. The van der Waals surface area contributed by atoms with Crippen LogP contribution in [0.3, 0.4) is 0 Å².